The number of hydrogen-bond acceptors (Lipinski definition) is 4. The normalized spacial score (nSPS) is 18.1. The van der Waals surface area contributed by atoms with Gasteiger partial charge in [-0.25, -0.2) is 4.79 Å². The Kier molecular flexibility index (Phi) is 6.29. The molecule has 0 aliphatic heterocycles. The Morgan fingerprint density at radius 1 is 0.897 bits per heavy atom. The summed E-state index contributed by atoms with van der Waals surface area (Å²) in [6.45, 7) is 0.486. The lowest BCUT2D eigenvalue weighted by Crippen LogP contribution is -2.34. The number of aromatic carboxylic acids is 1. The van der Waals surface area contributed by atoms with Gasteiger partial charge < -0.3 is 20.8 Å². The number of anilines is 2. The lowest BCUT2D eigenvalue weighted by molar-refractivity contribution is -0.146. The second-order valence-electron chi connectivity index (χ2n) is 6.89. The smallest absolute Gasteiger partial charge is 0.335 e. The van der Waals surface area contributed by atoms with Gasteiger partial charge in [-0.2, -0.15) is 0 Å². The van der Waals surface area contributed by atoms with Crippen molar-refractivity contribution in [2.24, 2.45) is 11.8 Å². The Morgan fingerprint density at radius 3 is 2.24 bits per heavy atom. The van der Waals surface area contributed by atoms with Crippen LogP contribution in [-0.4, -0.2) is 28.1 Å². The molecule has 0 heterocycles. The number of allylic oxidation sites excluding steroid dienone is 2. The molecule has 29 heavy (non-hydrogen) atoms. The third kappa shape index (κ3) is 5.01. The van der Waals surface area contributed by atoms with E-state index in [4.69, 9.17) is 0 Å². The Morgan fingerprint density at radius 2 is 1.59 bits per heavy atom. The first-order valence-corrected chi connectivity index (χ1v) is 9.29. The number of carbonyl (C=O) groups is 3. The summed E-state index contributed by atoms with van der Waals surface area (Å²) in [4.78, 5) is 35.6. The van der Waals surface area contributed by atoms with Crippen molar-refractivity contribution >= 4 is 29.2 Å². The van der Waals surface area contributed by atoms with Crippen LogP contribution in [0.15, 0.2) is 60.7 Å². The molecule has 7 nitrogen and oxygen atoms in total. The molecule has 1 aliphatic rings. The Balaban J connectivity index is 1.82. The van der Waals surface area contributed by atoms with E-state index in [9.17, 15) is 24.6 Å². The van der Waals surface area contributed by atoms with Gasteiger partial charge in [-0.15, -0.1) is 0 Å². The van der Waals surface area contributed by atoms with E-state index in [0.717, 1.165) is 5.56 Å². The first kappa shape index (κ1) is 20.1. The highest BCUT2D eigenvalue weighted by molar-refractivity contribution is 6.00. The van der Waals surface area contributed by atoms with Crippen molar-refractivity contribution < 1.29 is 24.6 Å². The van der Waals surface area contributed by atoms with Crippen molar-refractivity contribution in [3.8, 4) is 0 Å². The van der Waals surface area contributed by atoms with Crippen LogP contribution in [0.5, 0.6) is 0 Å². The first-order valence-electron chi connectivity index (χ1n) is 9.29. The van der Waals surface area contributed by atoms with Gasteiger partial charge in [0.15, 0.2) is 0 Å². The van der Waals surface area contributed by atoms with Gasteiger partial charge in [-0.3, -0.25) is 9.59 Å². The molecule has 0 aromatic heterocycles. The van der Waals surface area contributed by atoms with E-state index in [0.29, 0.717) is 30.8 Å². The van der Waals surface area contributed by atoms with E-state index in [2.05, 4.69) is 10.6 Å². The minimum absolute atomic E-state index is 0.0314. The Hall–Kier alpha value is -3.61. The van der Waals surface area contributed by atoms with Gasteiger partial charge in [0.2, 0.25) is 5.91 Å². The van der Waals surface area contributed by atoms with E-state index in [1.54, 1.807) is 18.2 Å². The number of nitrogens with one attached hydrogen (secondary N) is 2. The predicted octanol–water partition coefficient (Wildman–Crippen LogP) is 3.60. The largest absolute Gasteiger partial charge is 0.481 e. The summed E-state index contributed by atoms with van der Waals surface area (Å²) in [6.07, 6.45) is 4.18. The van der Waals surface area contributed by atoms with Gasteiger partial charge in [0, 0.05) is 6.54 Å². The molecule has 4 N–H and O–H groups in total. The zero-order valence-electron chi connectivity index (χ0n) is 15.7. The van der Waals surface area contributed by atoms with Crippen LogP contribution in [0.3, 0.4) is 0 Å². The zero-order valence-corrected chi connectivity index (χ0v) is 15.7. The highest BCUT2D eigenvalue weighted by atomic mass is 16.4. The maximum Gasteiger partial charge on any atom is 0.335 e. The molecule has 0 radical (unpaired) electrons. The fourth-order valence-electron chi connectivity index (χ4n) is 3.33. The molecule has 0 bridgehead atoms. The number of amides is 1. The fourth-order valence-corrected chi connectivity index (χ4v) is 3.33. The average molecular weight is 394 g/mol. The number of aliphatic carboxylic acids is 1. The second-order valence-corrected chi connectivity index (χ2v) is 6.89. The molecule has 3 rings (SSSR count). The van der Waals surface area contributed by atoms with Crippen LogP contribution in [0.1, 0.15) is 28.8 Å². The SMILES string of the molecule is O=C(O)c1ccc(NCc2ccccc2)c(NC(=O)[C@@H]2CC=CC[C@H]2C(=O)O)c1. The number of benzene rings is 2. The molecule has 150 valence electrons. The molecule has 2 atom stereocenters. The van der Waals surface area contributed by atoms with Crippen LogP contribution in [0.2, 0.25) is 0 Å². The Bertz CT molecular complexity index is 939. The molecular formula is C22H22N2O5. The van der Waals surface area contributed by atoms with Gasteiger partial charge in [0.25, 0.3) is 0 Å². The number of carboxylic acid groups (broad SMARTS) is 2. The number of carbonyl (C=O) groups excluding carboxylic acids is 1. The molecule has 0 unspecified atom stereocenters. The van der Waals surface area contributed by atoms with Crippen molar-refractivity contribution in [2.45, 2.75) is 19.4 Å². The monoisotopic (exact) mass is 394 g/mol. The minimum Gasteiger partial charge on any atom is -0.481 e. The van der Waals surface area contributed by atoms with Crippen LogP contribution < -0.4 is 10.6 Å². The maximum atomic E-state index is 12.8. The number of rotatable bonds is 7. The third-order valence-corrected chi connectivity index (χ3v) is 4.94. The van der Waals surface area contributed by atoms with Crippen LogP contribution in [0.4, 0.5) is 11.4 Å². The summed E-state index contributed by atoms with van der Waals surface area (Å²) < 4.78 is 0. The highest BCUT2D eigenvalue weighted by Crippen LogP contribution is 2.30. The van der Waals surface area contributed by atoms with Crippen LogP contribution in [0.25, 0.3) is 0 Å². The summed E-state index contributed by atoms with van der Waals surface area (Å²) in [7, 11) is 0. The summed E-state index contributed by atoms with van der Waals surface area (Å²) in [6, 6.07) is 14.1. The average Bonchev–Trinajstić information content (AvgIpc) is 2.73. The van der Waals surface area contributed by atoms with E-state index in [1.165, 1.54) is 12.1 Å². The van der Waals surface area contributed by atoms with Crippen molar-refractivity contribution in [1.29, 1.82) is 0 Å². The highest BCUT2D eigenvalue weighted by Gasteiger charge is 2.34. The van der Waals surface area contributed by atoms with Crippen molar-refractivity contribution in [2.75, 3.05) is 10.6 Å². The van der Waals surface area contributed by atoms with E-state index < -0.39 is 29.7 Å². The summed E-state index contributed by atoms with van der Waals surface area (Å²) in [5.74, 6) is -4.08. The molecular weight excluding hydrogens is 372 g/mol. The molecule has 2 aromatic carbocycles. The van der Waals surface area contributed by atoms with E-state index in [1.807, 2.05) is 30.3 Å². The maximum absolute atomic E-state index is 12.8. The van der Waals surface area contributed by atoms with E-state index >= 15 is 0 Å². The van der Waals surface area contributed by atoms with Gasteiger partial charge in [0.05, 0.1) is 28.8 Å². The van der Waals surface area contributed by atoms with Gasteiger partial charge in [-0.1, -0.05) is 42.5 Å². The molecule has 7 heteroatoms. The van der Waals surface area contributed by atoms with Crippen molar-refractivity contribution in [3.05, 3.63) is 71.8 Å². The molecule has 0 spiro atoms. The third-order valence-electron chi connectivity index (χ3n) is 4.94. The lowest BCUT2D eigenvalue weighted by Gasteiger charge is -2.25. The van der Waals surface area contributed by atoms with Crippen molar-refractivity contribution in [3.63, 3.8) is 0 Å². The summed E-state index contributed by atoms with van der Waals surface area (Å²) in [5, 5.41) is 24.6. The van der Waals surface area contributed by atoms with Crippen LogP contribution >= 0.6 is 0 Å². The van der Waals surface area contributed by atoms with Crippen molar-refractivity contribution in [1.82, 2.24) is 0 Å². The topological polar surface area (TPSA) is 116 Å². The van der Waals surface area contributed by atoms with Gasteiger partial charge in [0.1, 0.15) is 0 Å². The first-order chi connectivity index (χ1) is 14.0. The van der Waals surface area contributed by atoms with Gasteiger partial charge >= 0.3 is 11.9 Å². The second kappa shape index (κ2) is 9.05. The summed E-state index contributed by atoms with van der Waals surface area (Å²) in [5.41, 5.74) is 1.93. The predicted molar refractivity (Wildman–Crippen MR) is 109 cm³/mol. The van der Waals surface area contributed by atoms with Crippen LogP contribution in [-0.2, 0) is 16.1 Å². The molecule has 0 fully saturated rings. The zero-order chi connectivity index (χ0) is 20.8. The molecule has 1 aliphatic carbocycles. The Labute approximate surface area is 168 Å². The molecule has 0 saturated carbocycles. The number of carboxylic acids is 2. The minimum atomic E-state index is -1.11. The summed E-state index contributed by atoms with van der Waals surface area (Å²) >= 11 is 0. The standard InChI is InChI=1S/C22H22N2O5/c25-20(16-8-4-5-9-17(16)22(28)29)24-19-12-15(21(26)27)10-11-18(19)23-13-14-6-2-1-3-7-14/h1-7,10-12,16-17,23H,8-9,13H2,(H,24,25)(H,26,27)(H,28,29)/t16-,17-/m1/s1. The van der Waals surface area contributed by atoms with Crippen LogP contribution in [0, 0.1) is 11.8 Å². The fraction of sp³-hybridized carbons (Fsp3) is 0.227. The lowest BCUT2D eigenvalue weighted by atomic mass is 9.82. The van der Waals surface area contributed by atoms with E-state index in [-0.39, 0.29) is 5.56 Å². The molecule has 2 aromatic rings. The molecule has 1 amide bonds. The van der Waals surface area contributed by atoms with Gasteiger partial charge in [-0.05, 0) is 36.6 Å². The number of hydrogen-bond donors (Lipinski definition) is 4. The quantitative estimate of drug-likeness (QED) is 0.533. The molecule has 0 saturated heterocycles.